The lowest BCUT2D eigenvalue weighted by atomic mass is 9.96. The van der Waals surface area contributed by atoms with Gasteiger partial charge < -0.3 is 10.2 Å². The Morgan fingerprint density at radius 1 is 1.00 bits per heavy atom. The summed E-state index contributed by atoms with van der Waals surface area (Å²) in [5, 5.41) is 24.1. The minimum absolute atomic E-state index is 0.151. The van der Waals surface area contributed by atoms with Gasteiger partial charge in [-0.3, -0.25) is 4.99 Å². The molecular formula is C23H23N3O4S. The number of hydrogen-bond acceptors (Lipinski definition) is 5. The molecule has 1 heterocycles. The SMILES string of the molecule is Cn1nc(-c2ccc(C(=O)O)c(-c3ccc(C(=O)O)cc3)c2)sc1=NC1CCCCC1. The predicted molar refractivity (Wildman–Crippen MR) is 118 cm³/mol. The number of hydrogen-bond donors (Lipinski definition) is 2. The molecule has 2 aromatic carbocycles. The molecule has 1 aromatic heterocycles. The van der Waals surface area contributed by atoms with Crippen molar-refractivity contribution >= 4 is 23.3 Å². The van der Waals surface area contributed by atoms with E-state index in [9.17, 15) is 14.7 Å². The van der Waals surface area contributed by atoms with Crippen molar-refractivity contribution in [2.75, 3.05) is 0 Å². The third-order valence-electron chi connectivity index (χ3n) is 5.51. The van der Waals surface area contributed by atoms with Crippen LogP contribution in [0.2, 0.25) is 0 Å². The van der Waals surface area contributed by atoms with E-state index in [4.69, 9.17) is 10.1 Å². The molecule has 0 atom stereocenters. The van der Waals surface area contributed by atoms with Crippen LogP contribution in [-0.2, 0) is 7.05 Å². The minimum atomic E-state index is -1.04. The molecule has 4 rings (SSSR count). The fourth-order valence-electron chi connectivity index (χ4n) is 3.84. The van der Waals surface area contributed by atoms with E-state index in [2.05, 4.69) is 5.10 Å². The summed E-state index contributed by atoms with van der Waals surface area (Å²) in [5.74, 6) is -2.06. The number of carbonyl (C=O) groups is 2. The van der Waals surface area contributed by atoms with Gasteiger partial charge in [-0.15, -0.1) is 0 Å². The van der Waals surface area contributed by atoms with Crippen LogP contribution in [0.1, 0.15) is 52.8 Å². The molecule has 0 unspecified atom stereocenters. The van der Waals surface area contributed by atoms with Crippen molar-refractivity contribution in [3.05, 3.63) is 58.4 Å². The molecule has 31 heavy (non-hydrogen) atoms. The van der Waals surface area contributed by atoms with Crippen LogP contribution in [0.5, 0.6) is 0 Å². The molecule has 0 saturated heterocycles. The van der Waals surface area contributed by atoms with Crippen molar-refractivity contribution in [1.29, 1.82) is 0 Å². The maximum absolute atomic E-state index is 11.8. The zero-order chi connectivity index (χ0) is 22.0. The molecule has 3 aromatic rings. The number of carboxylic acid groups (broad SMARTS) is 2. The Balaban J connectivity index is 1.74. The van der Waals surface area contributed by atoms with Crippen LogP contribution in [-0.4, -0.2) is 38.0 Å². The molecular weight excluding hydrogens is 414 g/mol. The lowest BCUT2D eigenvalue weighted by Gasteiger charge is -2.16. The first-order chi connectivity index (χ1) is 14.9. The van der Waals surface area contributed by atoms with Crippen LogP contribution >= 0.6 is 11.3 Å². The highest BCUT2D eigenvalue weighted by atomic mass is 32.1. The highest BCUT2D eigenvalue weighted by Crippen LogP contribution is 2.30. The number of aromatic nitrogens is 2. The summed E-state index contributed by atoms with van der Waals surface area (Å²) in [4.78, 5) is 28.6. The maximum atomic E-state index is 11.8. The Morgan fingerprint density at radius 3 is 2.32 bits per heavy atom. The highest BCUT2D eigenvalue weighted by Gasteiger charge is 2.17. The molecule has 0 radical (unpaired) electrons. The molecule has 1 aliphatic rings. The first-order valence-corrected chi connectivity index (χ1v) is 11.0. The smallest absolute Gasteiger partial charge is 0.336 e. The van der Waals surface area contributed by atoms with Gasteiger partial charge in [0.05, 0.1) is 17.2 Å². The fraction of sp³-hybridized carbons (Fsp3) is 0.304. The number of aryl methyl sites for hydroxylation is 1. The first kappa shape index (κ1) is 21.0. The Morgan fingerprint density at radius 2 is 1.68 bits per heavy atom. The van der Waals surface area contributed by atoms with E-state index in [1.165, 1.54) is 42.7 Å². The van der Waals surface area contributed by atoms with Gasteiger partial charge in [-0.05, 0) is 48.2 Å². The average molecular weight is 438 g/mol. The zero-order valence-electron chi connectivity index (χ0n) is 17.1. The third kappa shape index (κ3) is 4.59. The standard InChI is InChI=1S/C23H23N3O4S/c1-26-23(24-17-5-3-2-4-6-17)31-20(25-26)16-11-12-18(22(29)30)19(13-16)14-7-9-15(10-8-14)21(27)28/h7-13,17H,2-6H2,1H3,(H,27,28)(H,29,30). The van der Waals surface area contributed by atoms with Crippen LogP contribution in [0.15, 0.2) is 47.5 Å². The Kier molecular flexibility index (Phi) is 5.99. The van der Waals surface area contributed by atoms with E-state index >= 15 is 0 Å². The molecule has 7 nitrogen and oxygen atoms in total. The van der Waals surface area contributed by atoms with Gasteiger partial charge in [0.2, 0.25) is 4.80 Å². The number of rotatable bonds is 5. The number of carboxylic acids is 2. The van der Waals surface area contributed by atoms with Crippen molar-refractivity contribution in [2.45, 2.75) is 38.1 Å². The quantitative estimate of drug-likeness (QED) is 0.614. The summed E-state index contributed by atoms with van der Waals surface area (Å²) in [6, 6.07) is 11.6. The van der Waals surface area contributed by atoms with Crippen molar-refractivity contribution in [3.63, 3.8) is 0 Å². The fourth-order valence-corrected chi connectivity index (χ4v) is 4.80. The van der Waals surface area contributed by atoms with Gasteiger partial charge in [-0.2, -0.15) is 5.10 Å². The molecule has 0 spiro atoms. The van der Waals surface area contributed by atoms with Crippen LogP contribution in [0, 0.1) is 0 Å². The van der Waals surface area contributed by atoms with Crippen LogP contribution in [0.25, 0.3) is 21.7 Å². The Bertz CT molecular complexity index is 1190. The zero-order valence-corrected chi connectivity index (χ0v) is 17.9. The molecule has 0 bridgehead atoms. The average Bonchev–Trinajstić information content (AvgIpc) is 3.14. The number of aromatic carboxylic acids is 2. The summed E-state index contributed by atoms with van der Waals surface area (Å²) in [5.41, 5.74) is 2.26. The Hall–Kier alpha value is -3.26. The molecule has 160 valence electrons. The topological polar surface area (TPSA) is 105 Å². The van der Waals surface area contributed by atoms with Gasteiger partial charge >= 0.3 is 11.9 Å². The normalized spacial score (nSPS) is 15.2. The molecule has 0 aliphatic heterocycles. The van der Waals surface area contributed by atoms with E-state index < -0.39 is 11.9 Å². The van der Waals surface area contributed by atoms with Gasteiger partial charge in [-0.25, -0.2) is 14.3 Å². The van der Waals surface area contributed by atoms with E-state index in [1.54, 1.807) is 35.0 Å². The van der Waals surface area contributed by atoms with Gasteiger partial charge in [0.1, 0.15) is 5.01 Å². The first-order valence-electron chi connectivity index (χ1n) is 10.2. The summed E-state index contributed by atoms with van der Waals surface area (Å²) >= 11 is 1.49. The second-order valence-electron chi connectivity index (χ2n) is 7.68. The highest BCUT2D eigenvalue weighted by molar-refractivity contribution is 7.12. The second-order valence-corrected chi connectivity index (χ2v) is 8.64. The molecule has 1 aliphatic carbocycles. The van der Waals surface area contributed by atoms with Gasteiger partial charge in [0.25, 0.3) is 0 Å². The number of nitrogens with zero attached hydrogens (tertiary/aromatic N) is 3. The van der Waals surface area contributed by atoms with Crippen molar-refractivity contribution < 1.29 is 19.8 Å². The van der Waals surface area contributed by atoms with Gasteiger partial charge in [0, 0.05) is 12.6 Å². The number of benzene rings is 2. The van der Waals surface area contributed by atoms with Crippen molar-refractivity contribution in [2.24, 2.45) is 12.0 Å². The molecule has 2 N–H and O–H groups in total. The van der Waals surface area contributed by atoms with Crippen molar-refractivity contribution in [3.8, 4) is 21.7 Å². The molecule has 1 saturated carbocycles. The maximum Gasteiger partial charge on any atom is 0.336 e. The second kappa shape index (κ2) is 8.85. The summed E-state index contributed by atoms with van der Waals surface area (Å²) < 4.78 is 1.78. The van der Waals surface area contributed by atoms with E-state index in [0.717, 1.165) is 28.2 Å². The van der Waals surface area contributed by atoms with E-state index in [-0.39, 0.29) is 11.1 Å². The lowest BCUT2D eigenvalue weighted by molar-refractivity contribution is 0.0686. The summed E-state index contributed by atoms with van der Waals surface area (Å²) in [6.07, 6.45) is 5.92. The summed E-state index contributed by atoms with van der Waals surface area (Å²) in [7, 11) is 1.87. The van der Waals surface area contributed by atoms with Crippen LogP contribution in [0.4, 0.5) is 0 Å². The van der Waals surface area contributed by atoms with E-state index in [1.807, 2.05) is 7.05 Å². The van der Waals surface area contributed by atoms with Crippen molar-refractivity contribution in [1.82, 2.24) is 9.78 Å². The third-order valence-corrected chi connectivity index (χ3v) is 6.58. The Labute approximate surface area is 183 Å². The van der Waals surface area contributed by atoms with E-state index in [0.29, 0.717) is 17.2 Å². The molecule has 8 heteroatoms. The lowest BCUT2D eigenvalue weighted by Crippen LogP contribution is -2.18. The minimum Gasteiger partial charge on any atom is -0.478 e. The van der Waals surface area contributed by atoms with Gasteiger partial charge in [0.15, 0.2) is 0 Å². The van der Waals surface area contributed by atoms with Gasteiger partial charge in [-0.1, -0.05) is 48.8 Å². The predicted octanol–water partition coefficient (Wildman–Crippen LogP) is 4.45. The van der Waals surface area contributed by atoms with Crippen LogP contribution in [0.3, 0.4) is 0 Å². The van der Waals surface area contributed by atoms with Crippen LogP contribution < -0.4 is 4.80 Å². The summed E-state index contributed by atoms with van der Waals surface area (Å²) in [6.45, 7) is 0. The molecule has 1 fully saturated rings. The monoisotopic (exact) mass is 437 g/mol. The largest absolute Gasteiger partial charge is 0.478 e. The molecule has 0 amide bonds.